The van der Waals surface area contributed by atoms with Gasteiger partial charge in [0.2, 0.25) is 5.95 Å². The van der Waals surface area contributed by atoms with Crippen molar-refractivity contribution in [3.05, 3.63) is 36.2 Å². The zero-order chi connectivity index (χ0) is 21.3. The van der Waals surface area contributed by atoms with Gasteiger partial charge in [-0.3, -0.25) is 0 Å². The summed E-state index contributed by atoms with van der Waals surface area (Å²) in [5.74, 6) is 0.855. The van der Waals surface area contributed by atoms with Crippen LogP contribution in [0, 0.1) is 0 Å². The van der Waals surface area contributed by atoms with Crippen LogP contribution in [0.5, 0.6) is 0 Å². The Hall–Kier alpha value is -2.88. The molecule has 0 aliphatic heterocycles. The second-order valence-corrected chi connectivity index (χ2v) is 7.50. The molecule has 2 atom stereocenters. The highest BCUT2D eigenvalue weighted by Crippen LogP contribution is 2.31. The Balaban J connectivity index is 1.66. The van der Waals surface area contributed by atoms with Gasteiger partial charge in [-0.15, -0.1) is 0 Å². The highest BCUT2D eigenvalue weighted by atomic mass is 19.4. The largest absolute Gasteiger partial charge is 0.416 e. The fraction of sp³-hybridized carbons (Fsp3) is 0.450. The van der Waals surface area contributed by atoms with Gasteiger partial charge in [0.25, 0.3) is 0 Å². The number of fused-ring (bicyclic) bond motifs is 1. The van der Waals surface area contributed by atoms with E-state index >= 15 is 0 Å². The maximum atomic E-state index is 12.8. The predicted octanol–water partition coefficient (Wildman–Crippen LogP) is 4.29. The van der Waals surface area contributed by atoms with E-state index in [4.69, 9.17) is 5.73 Å². The number of aromatic nitrogens is 4. The van der Waals surface area contributed by atoms with Crippen LogP contribution in [0.2, 0.25) is 0 Å². The number of hydrogen-bond acceptors (Lipinski definition) is 6. The molecule has 3 aromatic rings. The summed E-state index contributed by atoms with van der Waals surface area (Å²) in [6.07, 6.45) is 1.39. The number of aryl methyl sites for hydroxylation is 1. The monoisotopic (exact) mass is 419 g/mol. The van der Waals surface area contributed by atoms with E-state index in [9.17, 15) is 13.2 Å². The lowest BCUT2D eigenvalue weighted by Gasteiger charge is -2.29. The van der Waals surface area contributed by atoms with Crippen LogP contribution in [0.3, 0.4) is 0 Å². The SMILES string of the molecule is CCn1cnc2c(Nc3ccc(C(F)(F)F)cc3)nc(NC3CCCCC3N)nc21. The molecular weight excluding hydrogens is 395 g/mol. The number of anilines is 3. The van der Waals surface area contributed by atoms with Crippen molar-refractivity contribution >= 4 is 28.6 Å². The van der Waals surface area contributed by atoms with E-state index in [1.807, 2.05) is 11.5 Å². The molecule has 4 N–H and O–H groups in total. The molecule has 0 saturated heterocycles. The quantitative estimate of drug-likeness (QED) is 0.571. The van der Waals surface area contributed by atoms with Crippen molar-refractivity contribution < 1.29 is 13.2 Å². The van der Waals surface area contributed by atoms with E-state index in [-0.39, 0.29) is 12.1 Å². The standard InChI is InChI=1S/C20H24F3N7/c1-2-30-11-25-16-17(26-13-9-7-12(8-10-13)20(21,22)23)28-19(29-18(16)30)27-15-6-4-3-5-14(15)24/h7-11,14-15H,2-6,24H2,1H3,(H2,26,27,28,29). The van der Waals surface area contributed by atoms with E-state index in [2.05, 4.69) is 25.6 Å². The van der Waals surface area contributed by atoms with E-state index < -0.39 is 11.7 Å². The number of imidazole rings is 1. The highest BCUT2D eigenvalue weighted by molar-refractivity contribution is 5.86. The van der Waals surface area contributed by atoms with Crippen LogP contribution in [0.1, 0.15) is 38.2 Å². The van der Waals surface area contributed by atoms with E-state index in [0.717, 1.165) is 37.8 Å². The molecule has 1 saturated carbocycles. The molecule has 4 rings (SSSR count). The lowest BCUT2D eigenvalue weighted by molar-refractivity contribution is -0.137. The molecule has 10 heteroatoms. The van der Waals surface area contributed by atoms with Crippen molar-refractivity contribution in [3.8, 4) is 0 Å². The molecule has 1 fully saturated rings. The molecule has 0 amide bonds. The Labute approximate surface area is 171 Å². The summed E-state index contributed by atoms with van der Waals surface area (Å²) in [6.45, 7) is 2.66. The molecule has 2 aromatic heterocycles. The topological polar surface area (TPSA) is 93.7 Å². The summed E-state index contributed by atoms with van der Waals surface area (Å²) in [5, 5.41) is 6.43. The van der Waals surface area contributed by atoms with Crippen LogP contribution in [0.4, 0.5) is 30.6 Å². The average Bonchev–Trinajstić information content (AvgIpc) is 3.13. The predicted molar refractivity (Wildman–Crippen MR) is 110 cm³/mol. The second-order valence-electron chi connectivity index (χ2n) is 7.50. The smallest absolute Gasteiger partial charge is 0.350 e. The number of nitrogens with one attached hydrogen (secondary N) is 2. The molecule has 1 aliphatic rings. The normalized spacial score (nSPS) is 19.8. The van der Waals surface area contributed by atoms with Crippen LogP contribution in [-0.2, 0) is 12.7 Å². The van der Waals surface area contributed by atoms with Gasteiger partial charge in [-0.1, -0.05) is 12.8 Å². The summed E-state index contributed by atoms with van der Waals surface area (Å²) in [6, 6.07) is 4.92. The number of hydrogen-bond donors (Lipinski definition) is 3. The molecule has 7 nitrogen and oxygen atoms in total. The van der Waals surface area contributed by atoms with Crippen molar-refractivity contribution in [2.45, 2.75) is 57.4 Å². The molecule has 2 heterocycles. The van der Waals surface area contributed by atoms with Gasteiger partial charge in [0.1, 0.15) is 0 Å². The lowest BCUT2D eigenvalue weighted by atomic mass is 9.91. The molecule has 0 radical (unpaired) electrons. The van der Waals surface area contributed by atoms with Gasteiger partial charge in [0.15, 0.2) is 17.0 Å². The van der Waals surface area contributed by atoms with Crippen molar-refractivity contribution in [2.24, 2.45) is 5.73 Å². The number of nitrogens with zero attached hydrogens (tertiary/aromatic N) is 4. The molecule has 2 unspecified atom stereocenters. The Bertz CT molecular complexity index is 1010. The van der Waals surface area contributed by atoms with Crippen molar-refractivity contribution in [2.75, 3.05) is 10.6 Å². The fourth-order valence-corrected chi connectivity index (χ4v) is 3.71. The number of nitrogens with two attached hydrogens (primary N) is 1. The van der Waals surface area contributed by atoms with Crippen molar-refractivity contribution in [3.63, 3.8) is 0 Å². The Morgan fingerprint density at radius 3 is 2.53 bits per heavy atom. The molecule has 1 aliphatic carbocycles. The van der Waals surface area contributed by atoms with Crippen LogP contribution in [0.25, 0.3) is 11.2 Å². The molecule has 0 spiro atoms. The van der Waals surface area contributed by atoms with E-state index in [1.165, 1.54) is 12.1 Å². The van der Waals surface area contributed by atoms with Gasteiger partial charge in [-0.2, -0.15) is 23.1 Å². The van der Waals surface area contributed by atoms with Crippen LogP contribution in [0.15, 0.2) is 30.6 Å². The first-order chi connectivity index (χ1) is 14.3. The van der Waals surface area contributed by atoms with Crippen molar-refractivity contribution in [1.29, 1.82) is 0 Å². The Kier molecular flexibility index (Phi) is 5.50. The van der Waals surface area contributed by atoms with Gasteiger partial charge < -0.3 is 20.9 Å². The summed E-state index contributed by atoms with van der Waals surface area (Å²) in [5.41, 5.74) is 7.22. The highest BCUT2D eigenvalue weighted by Gasteiger charge is 2.30. The van der Waals surface area contributed by atoms with Gasteiger partial charge >= 0.3 is 6.18 Å². The number of rotatable bonds is 5. The van der Waals surface area contributed by atoms with Gasteiger partial charge in [0.05, 0.1) is 11.9 Å². The molecular formula is C20H24F3N7. The molecule has 0 bridgehead atoms. The summed E-state index contributed by atoms with van der Waals surface area (Å²) >= 11 is 0. The molecule has 160 valence electrons. The van der Waals surface area contributed by atoms with Crippen LogP contribution < -0.4 is 16.4 Å². The summed E-state index contributed by atoms with van der Waals surface area (Å²) in [7, 11) is 0. The number of halogens is 3. The molecule has 30 heavy (non-hydrogen) atoms. The first-order valence-electron chi connectivity index (χ1n) is 10.0. The van der Waals surface area contributed by atoms with Crippen LogP contribution >= 0.6 is 0 Å². The minimum Gasteiger partial charge on any atom is -0.350 e. The number of benzene rings is 1. The van der Waals surface area contributed by atoms with E-state index in [1.54, 1.807) is 6.33 Å². The third-order valence-corrected chi connectivity index (χ3v) is 5.41. The fourth-order valence-electron chi connectivity index (χ4n) is 3.71. The zero-order valence-electron chi connectivity index (χ0n) is 16.6. The first-order valence-corrected chi connectivity index (χ1v) is 10.0. The first kappa shape index (κ1) is 20.4. The molecule has 1 aromatic carbocycles. The zero-order valence-corrected chi connectivity index (χ0v) is 16.6. The minimum absolute atomic E-state index is 0.0282. The minimum atomic E-state index is -4.38. The Morgan fingerprint density at radius 1 is 1.13 bits per heavy atom. The second kappa shape index (κ2) is 8.10. The van der Waals surface area contributed by atoms with Gasteiger partial charge in [0, 0.05) is 24.3 Å². The maximum Gasteiger partial charge on any atom is 0.416 e. The maximum absolute atomic E-state index is 12.8. The third kappa shape index (κ3) is 4.18. The summed E-state index contributed by atoms with van der Waals surface area (Å²) in [4.78, 5) is 13.6. The van der Waals surface area contributed by atoms with Crippen molar-refractivity contribution in [1.82, 2.24) is 19.5 Å². The summed E-state index contributed by atoms with van der Waals surface area (Å²) < 4.78 is 40.4. The van der Waals surface area contributed by atoms with Gasteiger partial charge in [-0.05, 0) is 44.0 Å². The lowest BCUT2D eigenvalue weighted by Crippen LogP contribution is -2.43. The Morgan fingerprint density at radius 2 is 1.87 bits per heavy atom. The average molecular weight is 419 g/mol. The number of alkyl halides is 3. The van der Waals surface area contributed by atoms with Gasteiger partial charge in [-0.25, -0.2) is 4.98 Å². The van der Waals surface area contributed by atoms with Crippen LogP contribution in [-0.4, -0.2) is 31.6 Å². The third-order valence-electron chi connectivity index (χ3n) is 5.41. The van der Waals surface area contributed by atoms with E-state index in [0.29, 0.717) is 35.2 Å².